The molecule has 3 N–H and O–H groups in total. The molecule has 4 heteroatoms. The van der Waals surface area contributed by atoms with E-state index in [0.717, 1.165) is 36.1 Å². The third-order valence-corrected chi connectivity index (χ3v) is 3.26. The Hall–Kier alpha value is -1.78. The molecule has 0 fully saturated rings. The second-order valence-electron chi connectivity index (χ2n) is 4.76. The van der Waals surface area contributed by atoms with Gasteiger partial charge in [0.15, 0.2) is 0 Å². The van der Waals surface area contributed by atoms with Crippen LogP contribution in [0.4, 0.5) is 8.78 Å². The molecule has 0 saturated carbocycles. The van der Waals surface area contributed by atoms with E-state index in [4.69, 9.17) is 5.84 Å². The monoisotopic (exact) mass is 276 g/mol. The number of rotatable bonds is 5. The van der Waals surface area contributed by atoms with Gasteiger partial charge in [-0.2, -0.15) is 0 Å². The van der Waals surface area contributed by atoms with Crippen molar-refractivity contribution in [2.75, 3.05) is 0 Å². The number of halogens is 2. The molecule has 0 radical (unpaired) electrons. The Morgan fingerprint density at radius 3 is 2.65 bits per heavy atom. The molecular formula is C16H18F2N2. The summed E-state index contributed by atoms with van der Waals surface area (Å²) in [5, 5.41) is 0. The molecule has 0 aliphatic heterocycles. The van der Waals surface area contributed by atoms with Crippen LogP contribution < -0.4 is 11.3 Å². The number of hydrogen-bond donors (Lipinski definition) is 2. The second-order valence-corrected chi connectivity index (χ2v) is 4.76. The summed E-state index contributed by atoms with van der Waals surface area (Å²) in [6.07, 6.45) is 1.97. The number of aryl methyl sites for hydroxylation is 1. The van der Waals surface area contributed by atoms with Gasteiger partial charge in [-0.3, -0.25) is 5.84 Å². The summed E-state index contributed by atoms with van der Waals surface area (Å²) in [5.41, 5.74) is 4.75. The molecule has 1 atom stereocenters. The molecule has 0 spiro atoms. The van der Waals surface area contributed by atoms with Crippen molar-refractivity contribution in [2.24, 2.45) is 5.84 Å². The van der Waals surface area contributed by atoms with Gasteiger partial charge in [0.25, 0.3) is 0 Å². The van der Waals surface area contributed by atoms with E-state index in [1.54, 1.807) is 0 Å². The quantitative estimate of drug-likeness (QED) is 0.648. The number of hydrogen-bond acceptors (Lipinski definition) is 2. The predicted octanol–water partition coefficient (Wildman–Crippen LogP) is 3.47. The van der Waals surface area contributed by atoms with Crippen molar-refractivity contribution in [1.29, 1.82) is 0 Å². The van der Waals surface area contributed by atoms with Crippen molar-refractivity contribution in [1.82, 2.24) is 5.43 Å². The van der Waals surface area contributed by atoms with Crippen LogP contribution >= 0.6 is 0 Å². The first-order valence-corrected chi connectivity index (χ1v) is 6.65. The van der Waals surface area contributed by atoms with Crippen LogP contribution in [0.5, 0.6) is 0 Å². The predicted molar refractivity (Wildman–Crippen MR) is 76.0 cm³/mol. The zero-order valence-electron chi connectivity index (χ0n) is 11.4. The maximum absolute atomic E-state index is 13.9. The van der Waals surface area contributed by atoms with E-state index < -0.39 is 17.7 Å². The maximum Gasteiger partial charge on any atom is 0.128 e. The van der Waals surface area contributed by atoms with Gasteiger partial charge in [0.05, 0.1) is 6.04 Å². The molecule has 2 rings (SSSR count). The standard InChI is InChI=1S/C16H18F2N2/c1-2-4-11-5-3-6-12(9-11)16(20-19)14-10-13(17)7-8-15(14)18/h3,5-10,16,20H,2,4,19H2,1H3. The van der Waals surface area contributed by atoms with Gasteiger partial charge in [0, 0.05) is 5.56 Å². The van der Waals surface area contributed by atoms with Gasteiger partial charge in [-0.15, -0.1) is 0 Å². The summed E-state index contributed by atoms with van der Waals surface area (Å²) in [6.45, 7) is 2.09. The van der Waals surface area contributed by atoms with Crippen LogP contribution in [0.25, 0.3) is 0 Å². The fourth-order valence-corrected chi connectivity index (χ4v) is 2.32. The summed E-state index contributed by atoms with van der Waals surface area (Å²) in [7, 11) is 0. The molecule has 0 aliphatic carbocycles. The summed E-state index contributed by atoms with van der Waals surface area (Å²) in [4.78, 5) is 0. The largest absolute Gasteiger partial charge is 0.271 e. The van der Waals surface area contributed by atoms with E-state index in [1.807, 2.05) is 24.3 Å². The Morgan fingerprint density at radius 2 is 1.95 bits per heavy atom. The van der Waals surface area contributed by atoms with Crippen molar-refractivity contribution in [2.45, 2.75) is 25.8 Å². The average molecular weight is 276 g/mol. The molecule has 106 valence electrons. The molecule has 0 aliphatic rings. The molecule has 0 bridgehead atoms. The molecular weight excluding hydrogens is 258 g/mol. The van der Waals surface area contributed by atoms with Gasteiger partial charge in [-0.25, -0.2) is 14.2 Å². The number of hydrazine groups is 1. The zero-order valence-corrected chi connectivity index (χ0v) is 11.4. The minimum Gasteiger partial charge on any atom is -0.271 e. The van der Waals surface area contributed by atoms with Crippen LogP contribution in [0.15, 0.2) is 42.5 Å². The lowest BCUT2D eigenvalue weighted by Gasteiger charge is -2.18. The van der Waals surface area contributed by atoms with Crippen molar-refractivity contribution in [3.05, 3.63) is 70.8 Å². The van der Waals surface area contributed by atoms with E-state index in [2.05, 4.69) is 12.3 Å². The number of nitrogens with two attached hydrogens (primary N) is 1. The lowest BCUT2D eigenvalue weighted by molar-refractivity contribution is 0.545. The number of benzene rings is 2. The lowest BCUT2D eigenvalue weighted by Crippen LogP contribution is -2.29. The van der Waals surface area contributed by atoms with E-state index in [1.165, 1.54) is 6.07 Å². The van der Waals surface area contributed by atoms with Crippen molar-refractivity contribution in [3.63, 3.8) is 0 Å². The molecule has 2 aromatic rings. The zero-order chi connectivity index (χ0) is 14.5. The SMILES string of the molecule is CCCc1cccc(C(NN)c2cc(F)ccc2F)c1. The van der Waals surface area contributed by atoms with Crippen LogP contribution in [0.3, 0.4) is 0 Å². The highest BCUT2D eigenvalue weighted by molar-refractivity contribution is 5.35. The van der Waals surface area contributed by atoms with Crippen LogP contribution in [0, 0.1) is 11.6 Å². The van der Waals surface area contributed by atoms with Crippen LogP contribution in [-0.4, -0.2) is 0 Å². The minimum atomic E-state index is -0.567. The highest BCUT2D eigenvalue weighted by Crippen LogP contribution is 2.25. The second kappa shape index (κ2) is 6.59. The normalized spacial score (nSPS) is 12.4. The molecule has 2 aromatic carbocycles. The minimum absolute atomic E-state index is 0.209. The third kappa shape index (κ3) is 3.21. The van der Waals surface area contributed by atoms with E-state index in [9.17, 15) is 8.78 Å². The topological polar surface area (TPSA) is 38.0 Å². The van der Waals surface area contributed by atoms with E-state index in [0.29, 0.717) is 0 Å². The molecule has 0 heterocycles. The van der Waals surface area contributed by atoms with Crippen LogP contribution in [0.2, 0.25) is 0 Å². The molecule has 0 aromatic heterocycles. The molecule has 0 amide bonds. The van der Waals surface area contributed by atoms with Crippen molar-refractivity contribution in [3.8, 4) is 0 Å². The van der Waals surface area contributed by atoms with Gasteiger partial charge in [-0.05, 0) is 35.7 Å². The van der Waals surface area contributed by atoms with Gasteiger partial charge in [0.2, 0.25) is 0 Å². The number of nitrogens with one attached hydrogen (secondary N) is 1. The lowest BCUT2D eigenvalue weighted by atomic mass is 9.96. The molecule has 2 nitrogen and oxygen atoms in total. The highest BCUT2D eigenvalue weighted by Gasteiger charge is 2.17. The average Bonchev–Trinajstić information content (AvgIpc) is 2.44. The van der Waals surface area contributed by atoms with Gasteiger partial charge >= 0.3 is 0 Å². The fourth-order valence-electron chi connectivity index (χ4n) is 2.32. The van der Waals surface area contributed by atoms with Crippen molar-refractivity contribution >= 4 is 0 Å². The van der Waals surface area contributed by atoms with Crippen LogP contribution in [-0.2, 0) is 6.42 Å². The van der Waals surface area contributed by atoms with Gasteiger partial charge in [-0.1, -0.05) is 37.6 Å². The Bertz CT molecular complexity index is 584. The Labute approximate surface area is 117 Å². The Morgan fingerprint density at radius 1 is 1.15 bits per heavy atom. The first-order chi connectivity index (χ1) is 9.65. The van der Waals surface area contributed by atoms with E-state index in [-0.39, 0.29) is 5.56 Å². The van der Waals surface area contributed by atoms with Gasteiger partial charge < -0.3 is 0 Å². The molecule has 0 saturated heterocycles. The summed E-state index contributed by atoms with van der Waals surface area (Å²) >= 11 is 0. The van der Waals surface area contributed by atoms with Crippen molar-refractivity contribution < 1.29 is 8.78 Å². The van der Waals surface area contributed by atoms with Gasteiger partial charge in [0.1, 0.15) is 11.6 Å². The fraction of sp³-hybridized carbons (Fsp3) is 0.250. The Balaban J connectivity index is 2.41. The Kier molecular flexibility index (Phi) is 4.82. The summed E-state index contributed by atoms with van der Waals surface area (Å²) in [5.74, 6) is 4.58. The maximum atomic E-state index is 13.9. The van der Waals surface area contributed by atoms with E-state index >= 15 is 0 Å². The highest BCUT2D eigenvalue weighted by atomic mass is 19.1. The first kappa shape index (κ1) is 14.6. The van der Waals surface area contributed by atoms with Crippen LogP contribution in [0.1, 0.15) is 36.1 Å². The molecule has 1 unspecified atom stereocenters. The smallest absolute Gasteiger partial charge is 0.128 e. The summed E-state index contributed by atoms with van der Waals surface area (Å²) < 4.78 is 27.2. The third-order valence-electron chi connectivity index (χ3n) is 3.26. The first-order valence-electron chi connectivity index (χ1n) is 6.65. The summed E-state index contributed by atoms with van der Waals surface area (Å²) in [6, 6.07) is 10.6. The molecule has 20 heavy (non-hydrogen) atoms.